The van der Waals surface area contributed by atoms with E-state index in [1.165, 1.54) is 5.56 Å². The second-order valence-corrected chi connectivity index (χ2v) is 8.72. The van der Waals surface area contributed by atoms with Crippen LogP contribution in [0, 0.1) is 6.92 Å². The van der Waals surface area contributed by atoms with Gasteiger partial charge < -0.3 is 0 Å². The highest BCUT2D eigenvalue weighted by Crippen LogP contribution is 2.41. The van der Waals surface area contributed by atoms with Crippen molar-refractivity contribution in [3.05, 3.63) is 64.7 Å². The van der Waals surface area contributed by atoms with E-state index in [9.17, 15) is 8.42 Å². The van der Waals surface area contributed by atoms with Crippen molar-refractivity contribution in [1.29, 1.82) is 0 Å². The van der Waals surface area contributed by atoms with Gasteiger partial charge >= 0.3 is 0 Å². The van der Waals surface area contributed by atoms with Gasteiger partial charge in [-0.3, -0.25) is 0 Å². The smallest absolute Gasteiger partial charge is 0.207 e. The van der Waals surface area contributed by atoms with Gasteiger partial charge in [0.2, 0.25) is 10.0 Å². The maximum Gasteiger partial charge on any atom is 0.244 e. The van der Waals surface area contributed by atoms with Crippen LogP contribution in [0.5, 0.6) is 0 Å². The zero-order chi connectivity index (χ0) is 15.7. The summed E-state index contributed by atoms with van der Waals surface area (Å²) in [7, 11) is -3.51. The SMILES string of the molecule is Cc1ccc([C@@H]2SCCN2S(=O)(=O)c2ccc(Cl)cc2)cc1. The Bertz CT molecular complexity index is 758. The molecule has 0 spiro atoms. The molecule has 0 bridgehead atoms. The second kappa shape index (κ2) is 6.24. The minimum absolute atomic E-state index is 0.165. The number of hydrogen-bond acceptors (Lipinski definition) is 3. The highest BCUT2D eigenvalue weighted by Gasteiger charge is 2.36. The zero-order valence-corrected chi connectivity index (χ0v) is 14.5. The summed E-state index contributed by atoms with van der Waals surface area (Å²) in [5.41, 5.74) is 2.18. The fourth-order valence-electron chi connectivity index (χ4n) is 2.44. The molecule has 1 aliphatic heterocycles. The van der Waals surface area contributed by atoms with Gasteiger partial charge in [0.25, 0.3) is 0 Å². The number of hydrogen-bond donors (Lipinski definition) is 0. The van der Waals surface area contributed by atoms with E-state index in [2.05, 4.69) is 0 Å². The predicted molar refractivity (Wildman–Crippen MR) is 91.7 cm³/mol. The summed E-state index contributed by atoms with van der Waals surface area (Å²) >= 11 is 7.50. The number of benzene rings is 2. The molecule has 3 nitrogen and oxygen atoms in total. The van der Waals surface area contributed by atoms with Gasteiger partial charge in [0.15, 0.2) is 0 Å². The number of nitrogens with zero attached hydrogens (tertiary/aromatic N) is 1. The first kappa shape index (κ1) is 15.9. The molecule has 3 rings (SSSR count). The predicted octanol–water partition coefficient (Wildman–Crippen LogP) is 4.08. The van der Waals surface area contributed by atoms with Crippen LogP contribution in [-0.4, -0.2) is 25.0 Å². The van der Waals surface area contributed by atoms with Crippen LogP contribution < -0.4 is 0 Å². The first-order chi connectivity index (χ1) is 10.5. The molecule has 0 aromatic heterocycles. The number of sulfonamides is 1. The Kier molecular flexibility index (Phi) is 4.50. The zero-order valence-electron chi connectivity index (χ0n) is 12.1. The molecule has 1 heterocycles. The third kappa shape index (κ3) is 3.04. The highest BCUT2D eigenvalue weighted by molar-refractivity contribution is 8.01. The Hall–Kier alpha value is -1.01. The van der Waals surface area contributed by atoms with Crippen LogP contribution in [0.25, 0.3) is 0 Å². The van der Waals surface area contributed by atoms with Gasteiger partial charge in [0.05, 0.1) is 10.3 Å². The first-order valence-electron chi connectivity index (χ1n) is 6.94. The van der Waals surface area contributed by atoms with Gasteiger partial charge in [-0.15, -0.1) is 11.8 Å². The standard InChI is InChI=1S/C16H16ClNO2S2/c1-12-2-4-13(5-3-12)16-18(10-11-21-16)22(19,20)15-8-6-14(17)7-9-15/h2-9,16H,10-11H2,1H3/t16-/m0/s1. The van der Waals surface area contributed by atoms with Crippen molar-refractivity contribution in [2.45, 2.75) is 17.2 Å². The number of halogens is 1. The fraction of sp³-hybridized carbons (Fsp3) is 0.250. The highest BCUT2D eigenvalue weighted by atomic mass is 35.5. The van der Waals surface area contributed by atoms with Crippen molar-refractivity contribution in [2.75, 3.05) is 12.3 Å². The van der Waals surface area contributed by atoms with E-state index in [1.807, 2.05) is 31.2 Å². The van der Waals surface area contributed by atoms with Crippen LogP contribution in [0.2, 0.25) is 5.02 Å². The number of thioether (sulfide) groups is 1. The van der Waals surface area contributed by atoms with Crippen molar-refractivity contribution in [3.8, 4) is 0 Å². The summed E-state index contributed by atoms with van der Waals surface area (Å²) in [6, 6.07) is 14.4. The van der Waals surface area contributed by atoms with Crippen LogP contribution in [0.1, 0.15) is 16.5 Å². The van der Waals surface area contributed by atoms with E-state index in [0.717, 1.165) is 11.3 Å². The van der Waals surface area contributed by atoms with Crippen LogP contribution >= 0.6 is 23.4 Å². The Morgan fingerprint density at radius 3 is 2.36 bits per heavy atom. The lowest BCUT2D eigenvalue weighted by atomic mass is 10.1. The molecule has 1 atom stereocenters. The van der Waals surface area contributed by atoms with Crippen molar-refractivity contribution in [1.82, 2.24) is 4.31 Å². The van der Waals surface area contributed by atoms with E-state index in [4.69, 9.17) is 11.6 Å². The van der Waals surface area contributed by atoms with Crippen molar-refractivity contribution in [3.63, 3.8) is 0 Å². The van der Waals surface area contributed by atoms with Gasteiger partial charge in [0, 0.05) is 17.3 Å². The molecule has 6 heteroatoms. The van der Waals surface area contributed by atoms with E-state index in [1.54, 1.807) is 40.3 Å². The molecule has 22 heavy (non-hydrogen) atoms. The molecular formula is C16H16ClNO2S2. The Morgan fingerprint density at radius 1 is 1.09 bits per heavy atom. The molecule has 0 N–H and O–H groups in total. The van der Waals surface area contributed by atoms with Gasteiger partial charge in [-0.25, -0.2) is 8.42 Å². The Balaban J connectivity index is 1.95. The van der Waals surface area contributed by atoms with Gasteiger partial charge in [-0.05, 0) is 36.8 Å². The van der Waals surface area contributed by atoms with Crippen molar-refractivity contribution in [2.24, 2.45) is 0 Å². The summed E-state index contributed by atoms with van der Waals surface area (Å²) in [6.45, 7) is 2.54. The summed E-state index contributed by atoms with van der Waals surface area (Å²) in [5, 5.41) is 0.367. The van der Waals surface area contributed by atoms with Crippen LogP contribution in [0.3, 0.4) is 0 Å². The Labute approximate surface area is 140 Å². The molecule has 0 saturated carbocycles. The van der Waals surface area contributed by atoms with Gasteiger partial charge in [-0.1, -0.05) is 41.4 Å². The molecule has 116 valence electrons. The first-order valence-corrected chi connectivity index (χ1v) is 9.81. The lowest BCUT2D eigenvalue weighted by molar-refractivity contribution is 0.434. The summed E-state index contributed by atoms with van der Waals surface area (Å²) in [4.78, 5) is 0.288. The fourth-order valence-corrected chi connectivity index (χ4v) is 5.80. The normalized spacial score (nSPS) is 19.5. The van der Waals surface area contributed by atoms with Crippen molar-refractivity contribution >= 4 is 33.4 Å². The van der Waals surface area contributed by atoms with Crippen LogP contribution in [-0.2, 0) is 10.0 Å². The minimum atomic E-state index is -3.51. The van der Waals surface area contributed by atoms with E-state index in [-0.39, 0.29) is 10.3 Å². The molecular weight excluding hydrogens is 338 g/mol. The van der Waals surface area contributed by atoms with Crippen molar-refractivity contribution < 1.29 is 8.42 Å². The lowest BCUT2D eigenvalue weighted by Crippen LogP contribution is -2.30. The number of aryl methyl sites for hydroxylation is 1. The molecule has 0 radical (unpaired) electrons. The topological polar surface area (TPSA) is 37.4 Å². The largest absolute Gasteiger partial charge is 0.244 e. The van der Waals surface area contributed by atoms with Gasteiger partial charge in [0.1, 0.15) is 0 Å². The Morgan fingerprint density at radius 2 is 1.73 bits per heavy atom. The molecule has 2 aromatic carbocycles. The molecule has 0 amide bonds. The van der Waals surface area contributed by atoms with E-state index in [0.29, 0.717) is 11.6 Å². The summed E-state index contributed by atoms with van der Waals surface area (Å²) in [6.07, 6.45) is 0. The van der Waals surface area contributed by atoms with E-state index >= 15 is 0 Å². The third-order valence-electron chi connectivity index (χ3n) is 3.63. The van der Waals surface area contributed by atoms with Crippen LogP contribution in [0.15, 0.2) is 53.4 Å². The third-order valence-corrected chi connectivity index (χ3v) is 7.16. The molecule has 1 fully saturated rings. The lowest BCUT2D eigenvalue weighted by Gasteiger charge is -2.23. The summed E-state index contributed by atoms with van der Waals surface area (Å²) < 4.78 is 27.3. The minimum Gasteiger partial charge on any atom is -0.207 e. The molecule has 1 saturated heterocycles. The molecule has 2 aromatic rings. The summed E-state index contributed by atoms with van der Waals surface area (Å²) in [5.74, 6) is 0.797. The number of rotatable bonds is 3. The monoisotopic (exact) mass is 353 g/mol. The average molecular weight is 354 g/mol. The second-order valence-electron chi connectivity index (χ2n) is 5.20. The quantitative estimate of drug-likeness (QED) is 0.834. The average Bonchev–Trinajstić information content (AvgIpc) is 2.99. The molecule has 1 aliphatic rings. The maximum absolute atomic E-state index is 12.9. The molecule has 0 aliphatic carbocycles. The molecule has 0 unspecified atom stereocenters. The van der Waals surface area contributed by atoms with E-state index < -0.39 is 10.0 Å². The van der Waals surface area contributed by atoms with Gasteiger partial charge in [-0.2, -0.15) is 4.31 Å². The maximum atomic E-state index is 12.9. The van der Waals surface area contributed by atoms with Crippen LogP contribution in [0.4, 0.5) is 0 Å².